The van der Waals surface area contributed by atoms with Gasteiger partial charge in [-0.2, -0.15) is 0 Å². The van der Waals surface area contributed by atoms with Crippen LogP contribution in [0.2, 0.25) is 0 Å². The zero-order valence-corrected chi connectivity index (χ0v) is 5.40. The van der Waals surface area contributed by atoms with Crippen LogP contribution in [0.5, 0.6) is 0 Å². The van der Waals surface area contributed by atoms with Crippen LogP contribution < -0.4 is 0 Å². The van der Waals surface area contributed by atoms with Gasteiger partial charge < -0.3 is 0 Å². The van der Waals surface area contributed by atoms with Gasteiger partial charge in [-0.05, 0) is 0 Å². The first-order valence-electron chi connectivity index (χ1n) is 1.38. The van der Waals surface area contributed by atoms with Gasteiger partial charge in [-0.3, -0.25) is 0 Å². The average Bonchev–Trinajstić information content (AvgIpc) is 1.86. The van der Waals surface area contributed by atoms with E-state index in [0.717, 1.165) is 0 Å². The fourth-order valence-electron chi connectivity index (χ4n) is 0.180. The summed E-state index contributed by atoms with van der Waals surface area (Å²) in [5.74, 6) is 0. The molecule has 1 aliphatic heterocycles. The minimum absolute atomic E-state index is 0.0201. The molecule has 0 saturated heterocycles. The Balaban J connectivity index is 2.86. The van der Waals surface area contributed by atoms with Gasteiger partial charge in [0.2, 0.25) is 0 Å². The number of nitrogens with zero attached hydrogens (tertiary/aromatic N) is 2. The standard InChI is InChI=1S/C2H2N2SSe/c6-5-2-1-3-4-5/h1-2H. The van der Waals surface area contributed by atoms with Crippen molar-refractivity contribution in [2.45, 2.75) is 0 Å². The van der Waals surface area contributed by atoms with Crippen LogP contribution in [0.1, 0.15) is 0 Å². The second-order valence-electron chi connectivity index (χ2n) is 0.758. The number of rotatable bonds is 0. The van der Waals surface area contributed by atoms with Crippen LogP contribution in [0.15, 0.2) is 21.2 Å². The molecule has 0 spiro atoms. The molecule has 6 heavy (non-hydrogen) atoms. The molecule has 0 aliphatic carbocycles. The van der Waals surface area contributed by atoms with Crippen LogP contribution in [0.3, 0.4) is 0 Å². The van der Waals surface area contributed by atoms with Gasteiger partial charge in [0, 0.05) is 0 Å². The third-order valence-electron chi connectivity index (χ3n) is 0.372. The molecule has 0 saturated carbocycles. The van der Waals surface area contributed by atoms with Crippen molar-refractivity contribution in [3.8, 4) is 0 Å². The molecule has 0 bridgehead atoms. The van der Waals surface area contributed by atoms with Gasteiger partial charge in [-0.15, -0.1) is 0 Å². The molecule has 0 radical (unpaired) electrons. The summed E-state index contributed by atoms with van der Waals surface area (Å²) in [7, 11) is -0.0201. The minimum atomic E-state index is -0.0201. The van der Waals surface area contributed by atoms with E-state index in [1.807, 2.05) is 5.41 Å². The first kappa shape index (κ1) is 4.37. The molecule has 0 aromatic carbocycles. The Labute approximate surface area is 45.1 Å². The second kappa shape index (κ2) is 1.78. The van der Waals surface area contributed by atoms with Crippen molar-refractivity contribution in [3.63, 3.8) is 0 Å². The Hall–Kier alpha value is 0.209. The maximum absolute atomic E-state index is 3.72. The van der Waals surface area contributed by atoms with E-state index in [1.54, 1.807) is 6.20 Å². The van der Waals surface area contributed by atoms with Crippen molar-refractivity contribution in [1.29, 1.82) is 0 Å². The molecule has 1 atom stereocenters. The third kappa shape index (κ3) is 0.834. The first-order valence-corrected chi connectivity index (χ1v) is 4.64. The molecule has 1 aliphatic rings. The molecule has 1 heterocycles. The van der Waals surface area contributed by atoms with Crippen LogP contribution >= 0.6 is 9.00 Å². The van der Waals surface area contributed by atoms with Gasteiger partial charge in [0.25, 0.3) is 0 Å². The molecule has 1 rings (SSSR count). The fraction of sp³-hybridized carbons (Fsp3) is 0. The molecule has 4 heteroatoms. The summed E-state index contributed by atoms with van der Waals surface area (Å²) in [5.41, 5.74) is 0. The molecule has 0 aromatic heterocycles. The molecule has 0 N–H and O–H groups in total. The zero-order chi connectivity index (χ0) is 4.41. The van der Waals surface area contributed by atoms with Crippen LogP contribution in [-0.2, 0) is 0 Å². The van der Waals surface area contributed by atoms with Crippen molar-refractivity contribution < 1.29 is 0 Å². The summed E-state index contributed by atoms with van der Waals surface area (Å²) in [6.07, 6.45) is 1.69. The van der Waals surface area contributed by atoms with Crippen LogP contribution in [0.4, 0.5) is 0 Å². The summed E-state index contributed by atoms with van der Waals surface area (Å²) < 4.78 is 3.72. The molecule has 0 aromatic rings. The van der Waals surface area contributed by atoms with Gasteiger partial charge in [0.05, 0.1) is 0 Å². The maximum atomic E-state index is 3.72. The molecular weight excluding hydrogens is 163 g/mol. The van der Waals surface area contributed by atoms with Crippen LogP contribution in [0.25, 0.3) is 0 Å². The Morgan fingerprint density at radius 2 is 2.50 bits per heavy atom. The van der Waals surface area contributed by atoms with Gasteiger partial charge in [0.15, 0.2) is 0 Å². The molecule has 32 valence electrons. The topological polar surface area (TPSA) is 24.7 Å². The summed E-state index contributed by atoms with van der Waals surface area (Å²) >= 11 is 2.82. The van der Waals surface area contributed by atoms with Crippen molar-refractivity contribution >= 4 is 23.4 Å². The van der Waals surface area contributed by atoms with E-state index in [1.165, 1.54) is 0 Å². The molecular formula is C2H2N2SSe. The van der Waals surface area contributed by atoms with E-state index in [-0.39, 0.29) is 9.00 Å². The number of hydrogen-bond donors (Lipinski definition) is 0. The Morgan fingerprint density at radius 1 is 1.67 bits per heavy atom. The Morgan fingerprint density at radius 3 is 2.67 bits per heavy atom. The van der Waals surface area contributed by atoms with Crippen molar-refractivity contribution in [1.82, 2.24) is 0 Å². The van der Waals surface area contributed by atoms with Gasteiger partial charge >= 0.3 is 44.6 Å². The predicted molar refractivity (Wildman–Crippen MR) is 27.3 cm³/mol. The Kier molecular flexibility index (Phi) is 1.29. The normalized spacial score (nSPS) is 29.0. The summed E-state index contributed by atoms with van der Waals surface area (Å²) in [5, 5.41) is 5.51. The van der Waals surface area contributed by atoms with Crippen molar-refractivity contribution in [3.05, 3.63) is 11.6 Å². The van der Waals surface area contributed by atoms with Gasteiger partial charge in [-0.25, -0.2) is 0 Å². The van der Waals surface area contributed by atoms with E-state index in [9.17, 15) is 0 Å². The SMILES string of the molecule is [Se]=S1C=CN=N1. The Bertz CT molecular complexity index is 114. The molecule has 0 fully saturated rings. The third-order valence-corrected chi connectivity index (χ3v) is 2.10. The number of hydrogen-bond acceptors (Lipinski definition) is 2. The van der Waals surface area contributed by atoms with E-state index < -0.39 is 0 Å². The van der Waals surface area contributed by atoms with E-state index in [0.29, 0.717) is 0 Å². The van der Waals surface area contributed by atoms with Gasteiger partial charge in [0.1, 0.15) is 0 Å². The molecule has 0 amide bonds. The zero-order valence-electron chi connectivity index (χ0n) is 2.87. The van der Waals surface area contributed by atoms with Crippen LogP contribution in [-0.4, -0.2) is 14.4 Å². The van der Waals surface area contributed by atoms with E-state index >= 15 is 0 Å². The van der Waals surface area contributed by atoms with E-state index in [4.69, 9.17) is 0 Å². The van der Waals surface area contributed by atoms with Gasteiger partial charge in [-0.1, -0.05) is 0 Å². The van der Waals surface area contributed by atoms with Crippen molar-refractivity contribution in [2.24, 2.45) is 9.63 Å². The van der Waals surface area contributed by atoms with Crippen molar-refractivity contribution in [2.75, 3.05) is 0 Å². The second-order valence-corrected chi connectivity index (χ2v) is 3.90. The molecule has 2 nitrogen and oxygen atoms in total. The average molecular weight is 165 g/mol. The summed E-state index contributed by atoms with van der Waals surface area (Å²) in [6, 6.07) is 0. The summed E-state index contributed by atoms with van der Waals surface area (Å²) in [4.78, 5) is 0. The monoisotopic (exact) mass is 166 g/mol. The fourth-order valence-corrected chi connectivity index (χ4v) is 1.10. The quantitative estimate of drug-likeness (QED) is 0.481. The predicted octanol–water partition coefficient (Wildman–Crippen LogP) is 1.19. The molecule has 1 unspecified atom stereocenters. The van der Waals surface area contributed by atoms with Crippen LogP contribution in [0, 0.1) is 0 Å². The summed E-state index contributed by atoms with van der Waals surface area (Å²) in [6.45, 7) is 0. The van der Waals surface area contributed by atoms with E-state index in [2.05, 4.69) is 24.0 Å². The first-order chi connectivity index (χ1) is 2.89.